The summed E-state index contributed by atoms with van der Waals surface area (Å²) in [5.41, 5.74) is 2.51. The minimum absolute atomic E-state index is 0.0755. The molecule has 0 saturated carbocycles. The number of carbonyl (C=O) groups excluding carboxylic acids is 1. The molecule has 0 bridgehead atoms. The summed E-state index contributed by atoms with van der Waals surface area (Å²) in [7, 11) is 7.83. The molecule has 2 aromatic rings. The van der Waals surface area contributed by atoms with E-state index in [1.807, 2.05) is 18.2 Å². The van der Waals surface area contributed by atoms with Crippen LogP contribution in [0.25, 0.3) is 0 Å². The normalized spacial score (nSPS) is 15.4. The first kappa shape index (κ1) is 18.7. The predicted octanol–water partition coefficient (Wildman–Crippen LogP) is 3.20. The fourth-order valence-corrected chi connectivity index (χ4v) is 3.39. The Morgan fingerprint density at radius 3 is 1.85 bits per heavy atom. The van der Waals surface area contributed by atoms with Crippen LogP contribution in [0.5, 0.6) is 28.7 Å². The molecule has 0 fully saturated rings. The third-order valence-electron chi connectivity index (χ3n) is 4.68. The van der Waals surface area contributed by atoms with Crippen LogP contribution in [0.1, 0.15) is 23.5 Å². The topological polar surface area (TPSA) is 75.2 Å². The molecule has 1 aliphatic heterocycles. The van der Waals surface area contributed by atoms with Gasteiger partial charge in [0.2, 0.25) is 11.7 Å². The van der Waals surface area contributed by atoms with E-state index in [9.17, 15) is 4.79 Å². The first-order chi connectivity index (χ1) is 13.1. The summed E-state index contributed by atoms with van der Waals surface area (Å²) in [5, 5.41) is 2.90. The maximum Gasteiger partial charge on any atom is 0.225 e. The van der Waals surface area contributed by atoms with Crippen molar-refractivity contribution in [3.8, 4) is 28.7 Å². The molecule has 0 aromatic heterocycles. The number of hydrogen-bond donors (Lipinski definition) is 1. The number of fused-ring (bicyclic) bond motifs is 1. The van der Waals surface area contributed by atoms with E-state index in [1.165, 1.54) is 0 Å². The maximum atomic E-state index is 12.3. The SMILES string of the molecule is COc1cc2c(cc1OC)[C@@H](c1cc(OC)c(OC)c(OC)c1)CC(=O)N2. The Labute approximate surface area is 158 Å². The number of methoxy groups -OCH3 is 5. The average molecular weight is 373 g/mol. The van der Waals surface area contributed by atoms with Gasteiger partial charge < -0.3 is 29.0 Å². The van der Waals surface area contributed by atoms with E-state index in [4.69, 9.17) is 23.7 Å². The average Bonchev–Trinajstić information content (AvgIpc) is 2.70. The van der Waals surface area contributed by atoms with Gasteiger partial charge in [-0.2, -0.15) is 0 Å². The smallest absolute Gasteiger partial charge is 0.225 e. The second-order valence-electron chi connectivity index (χ2n) is 6.06. The Morgan fingerprint density at radius 2 is 1.33 bits per heavy atom. The van der Waals surface area contributed by atoms with Gasteiger partial charge >= 0.3 is 0 Å². The molecule has 3 rings (SSSR count). The first-order valence-electron chi connectivity index (χ1n) is 8.41. The summed E-state index contributed by atoms with van der Waals surface area (Å²) in [6, 6.07) is 7.40. The molecule has 27 heavy (non-hydrogen) atoms. The van der Waals surface area contributed by atoms with Crippen LogP contribution in [0.2, 0.25) is 0 Å². The van der Waals surface area contributed by atoms with Crippen molar-refractivity contribution >= 4 is 11.6 Å². The molecule has 7 nitrogen and oxygen atoms in total. The number of carbonyl (C=O) groups is 1. The molecular formula is C20H23NO6. The second-order valence-corrected chi connectivity index (χ2v) is 6.06. The molecule has 144 valence electrons. The minimum atomic E-state index is -0.192. The third kappa shape index (κ3) is 3.32. The lowest BCUT2D eigenvalue weighted by Crippen LogP contribution is -2.23. The van der Waals surface area contributed by atoms with Crippen LogP contribution in [0.15, 0.2) is 24.3 Å². The highest BCUT2D eigenvalue weighted by molar-refractivity contribution is 5.96. The fourth-order valence-electron chi connectivity index (χ4n) is 3.39. The third-order valence-corrected chi connectivity index (χ3v) is 4.68. The van der Waals surface area contributed by atoms with Gasteiger partial charge in [-0.1, -0.05) is 0 Å². The van der Waals surface area contributed by atoms with Gasteiger partial charge in [0.15, 0.2) is 23.0 Å². The highest BCUT2D eigenvalue weighted by atomic mass is 16.5. The fraction of sp³-hybridized carbons (Fsp3) is 0.350. The number of anilines is 1. The molecule has 0 aliphatic carbocycles. The standard InChI is InChI=1S/C20H23NO6/c1-23-15-8-13-12(9-19(22)21-14(13)10-16(15)24-2)11-6-17(25-3)20(27-5)18(7-11)26-4/h6-8,10,12H,9H2,1-5H3,(H,21,22)/t12-/m1/s1. The zero-order valence-corrected chi connectivity index (χ0v) is 16.0. The summed E-state index contributed by atoms with van der Waals surface area (Å²) in [5.74, 6) is 2.49. The van der Waals surface area contributed by atoms with Crippen LogP contribution in [-0.4, -0.2) is 41.5 Å². The monoisotopic (exact) mass is 373 g/mol. The van der Waals surface area contributed by atoms with Crippen LogP contribution in [0, 0.1) is 0 Å². The molecule has 2 aromatic carbocycles. The van der Waals surface area contributed by atoms with Crippen LogP contribution in [-0.2, 0) is 4.79 Å². The summed E-state index contributed by atoms with van der Waals surface area (Å²) in [6.07, 6.45) is 0.293. The van der Waals surface area contributed by atoms with Gasteiger partial charge in [-0.25, -0.2) is 0 Å². The Morgan fingerprint density at radius 1 is 0.778 bits per heavy atom. The quantitative estimate of drug-likeness (QED) is 0.838. The number of rotatable bonds is 6. The van der Waals surface area contributed by atoms with Crippen molar-refractivity contribution in [2.45, 2.75) is 12.3 Å². The summed E-state index contributed by atoms with van der Waals surface area (Å²) in [4.78, 5) is 12.3. The maximum absolute atomic E-state index is 12.3. The zero-order valence-electron chi connectivity index (χ0n) is 16.0. The van der Waals surface area contributed by atoms with E-state index in [-0.39, 0.29) is 11.8 Å². The molecule has 0 spiro atoms. The van der Waals surface area contributed by atoms with Crippen LogP contribution >= 0.6 is 0 Å². The van der Waals surface area contributed by atoms with Gasteiger partial charge in [0.05, 0.1) is 35.5 Å². The van der Waals surface area contributed by atoms with E-state index in [0.29, 0.717) is 40.9 Å². The van der Waals surface area contributed by atoms with Crippen molar-refractivity contribution in [3.63, 3.8) is 0 Å². The number of nitrogens with one attached hydrogen (secondary N) is 1. The summed E-state index contributed by atoms with van der Waals surface area (Å²) in [6.45, 7) is 0. The lowest BCUT2D eigenvalue weighted by atomic mass is 9.84. The van der Waals surface area contributed by atoms with Crippen LogP contribution < -0.4 is 29.0 Å². The highest BCUT2D eigenvalue weighted by Gasteiger charge is 2.30. The second kappa shape index (κ2) is 7.65. The van der Waals surface area contributed by atoms with Gasteiger partial charge in [-0.15, -0.1) is 0 Å². The van der Waals surface area contributed by atoms with Crippen molar-refractivity contribution in [2.24, 2.45) is 0 Å². The molecule has 1 amide bonds. The Balaban J connectivity index is 2.17. The van der Waals surface area contributed by atoms with Gasteiger partial charge in [0.25, 0.3) is 0 Å². The van der Waals surface area contributed by atoms with Gasteiger partial charge in [-0.3, -0.25) is 4.79 Å². The van der Waals surface area contributed by atoms with Gasteiger partial charge in [0.1, 0.15) is 0 Å². The highest BCUT2D eigenvalue weighted by Crippen LogP contribution is 2.46. The molecule has 0 radical (unpaired) electrons. The first-order valence-corrected chi connectivity index (χ1v) is 8.41. The molecule has 7 heteroatoms. The number of hydrogen-bond acceptors (Lipinski definition) is 6. The van der Waals surface area contributed by atoms with Gasteiger partial charge in [-0.05, 0) is 29.3 Å². The molecule has 0 unspecified atom stereocenters. The van der Waals surface area contributed by atoms with Crippen LogP contribution in [0.4, 0.5) is 5.69 Å². The van der Waals surface area contributed by atoms with E-state index >= 15 is 0 Å². The van der Waals surface area contributed by atoms with Crippen molar-refractivity contribution in [1.82, 2.24) is 0 Å². The van der Waals surface area contributed by atoms with E-state index < -0.39 is 0 Å². The van der Waals surface area contributed by atoms with Crippen molar-refractivity contribution in [3.05, 3.63) is 35.4 Å². The largest absolute Gasteiger partial charge is 0.493 e. The molecule has 1 atom stereocenters. The molecule has 1 N–H and O–H groups in total. The predicted molar refractivity (Wildman–Crippen MR) is 101 cm³/mol. The lowest BCUT2D eigenvalue weighted by molar-refractivity contribution is -0.116. The Bertz CT molecular complexity index is 839. The minimum Gasteiger partial charge on any atom is -0.493 e. The lowest BCUT2D eigenvalue weighted by Gasteiger charge is -2.28. The van der Waals surface area contributed by atoms with Gasteiger partial charge in [0, 0.05) is 24.1 Å². The molecule has 1 heterocycles. The molecule has 0 saturated heterocycles. The zero-order chi connectivity index (χ0) is 19.6. The van der Waals surface area contributed by atoms with Crippen molar-refractivity contribution < 1.29 is 28.5 Å². The van der Waals surface area contributed by atoms with E-state index in [2.05, 4.69) is 5.32 Å². The number of amides is 1. The van der Waals surface area contributed by atoms with Crippen LogP contribution in [0.3, 0.4) is 0 Å². The van der Waals surface area contributed by atoms with E-state index in [1.54, 1.807) is 41.6 Å². The summed E-state index contributed by atoms with van der Waals surface area (Å²) < 4.78 is 27.1. The number of ether oxygens (including phenoxy) is 5. The Hall–Kier alpha value is -3.09. The van der Waals surface area contributed by atoms with E-state index in [0.717, 1.165) is 11.1 Å². The molecular weight excluding hydrogens is 350 g/mol. The Kier molecular flexibility index (Phi) is 5.30. The number of benzene rings is 2. The van der Waals surface area contributed by atoms with Crippen molar-refractivity contribution in [2.75, 3.05) is 40.9 Å². The molecule has 1 aliphatic rings. The van der Waals surface area contributed by atoms with Crippen molar-refractivity contribution in [1.29, 1.82) is 0 Å². The summed E-state index contributed by atoms with van der Waals surface area (Å²) >= 11 is 0.